The second-order valence-electron chi connectivity index (χ2n) is 5.21. The minimum absolute atomic E-state index is 0.277. The number of rotatable bonds is 6. The van der Waals surface area contributed by atoms with Gasteiger partial charge in [-0.25, -0.2) is 4.99 Å². The number of aliphatic imine (C=N–C) groups is 1. The minimum atomic E-state index is 0.277. The molecule has 0 fully saturated rings. The second kappa shape index (κ2) is 7.25. The van der Waals surface area contributed by atoms with Crippen LogP contribution >= 0.6 is 23.4 Å². The number of hydrogen-bond acceptors (Lipinski definition) is 3. The van der Waals surface area contributed by atoms with E-state index in [9.17, 15) is 0 Å². The van der Waals surface area contributed by atoms with Gasteiger partial charge in [-0.15, -0.1) is 0 Å². The lowest BCUT2D eigenvalue weighted by Gasteiger charge is -2.09. The molecule has 116 valence electrons. The first-order valence-corrected chi connectivity index (χ1v) is 8.98. The van der Waals surface area contributed by atoms with Crippen LogP contribution < -0.4 is 0 Å². The van der Waals surface area contributed by atoms with Gasteiger partial charge in [-0.05, 0) is 35.6 Å². The monoisotopic (exact) mass is 334 g/mol. The normalized spacial score (nSPS) is 17.4. The molecule has 1 aromatic carbocycles. The smallest absolute Gasteiger partial charge is 0.233 e. The average Bonchev–Trinajstić information content (AvgIpc) is 3.16. The Kier molecular flexibility index (Phi) is 5.11. The Morgan fingerprint density at radius 3 is 2.91 bits per heavy atom. The summed E-state index contributed by atoms with van der Waals surface area (Å²) in [7, 11) is 0. The van der Waals surface area contributed by atoms with Crippen molar-refractivity contribution in [2.45, 2.75) is 19.5 Å². The third-order valence-corrected chi connectivity index (χ3v) is 4.82. The molecule has 2 heterocycles. The van der Waals surface area contributed by atoms with Gasteiger partial charge in [0.15, 0.2) is 0 Å². The van der Waals surface area contributed by atoms with E-state index in [1.165, 1.54) is 5.56 Å². The molecule has 5 heteroatoms. The van der Waals surface area contributed by atoms with Crippen LogP contribution in [0.5, 0.6) is 0 Å². The van der Waals surface area contributed by atoms with Crippen LogP contribution in [0.2, 0.25) is 5.02 Å². The summed E-state index contributed by atoms with van der Waals surface area (Å²) < 4.78 is 7.96. The predicted molar refractivity (Wildman–Crippen MR) is 94.3 cm³/mol. The molecule has 0 saturated heterocycles. The molecule has 0 amide bonds. The molecule has 1 atom stereocenters. The van der Waals surface area contributed by atoms with Crippen molar-refractivity contribution < 1.29 is 4.74 Å². The molecule has 0 bridgehead atoms. The SMILES string of the molecule is CCSC[C@H]1COC(c2cccn2Cc2ccc(Cl)cc2)=N1. The highest BCUT2D eigenvalue weighted by Gasteiger charge is 2.21. The first kappa shape index (κ1) is 15.5. The highest BCUT2D eigenvalue weighted by Crippen LogP contribution is 2.18. The number of halogens is 1. The van der Waals surface area contributed by atoms with Gasteiger partial charge < -0.3 is 9.30 Å². The molecule has 0 spiro atoms. The molecular weight excluding hydrogens is 316 g/mol. The molecule has 0 radical (unpaired) electrons. The Balaban J connectivity index is 1.73. The van der Waals surface area contributed by atoms with E-state index in [0.717, 1.165) is 34.7 Å². The van der Waals surface area contributed by atoms with Crippen LogP contribution in [-0.2, 0) is 11.3 Å². The van der Waals surface area contributed by atoms with Crippen LogP contribution in [0.15, 0.2) is 47.6 Å². The first-order valence-electron chi connectivity index (χ1n) is 7.44. The van der Waals surface area contributed by atoms with E-state index in [1.807, 2.05) is 42.1 Å². The van der Waals surface area contributed by atoms with Crippen LogP contribution in [0.3, 0.4) is 0 Å². The van der Waals surface area contributed by atoms with Crippen LogP contribution in [0, 0.1) is 0 Å². The number of ether oxygens (including phenoxy) is 1. The zero-order valence-corrected chi connectivity index (χ0v) is 14.1. The van der Waals surface area contributed by atoms with Crippen LogP contribution in [-0.4, -0.2) is 34.6 Å². The van der Waals surface area contributed by atoms with Crippen molar-refractivity contribution in [1.82, 2.24) is 4.57 Å². The van der Waals surface area contributed by atoms with Crippen molar-refractivity contribution in [1.29, 1.82) is 0 Å². The second-order valence-corrected chi connectivity index (χ2v) is 6.96. The predicted octanol–water partition coefficient (Wildman–Crippen LogP) is 4.09. The number of hydrogen-bond donors (Lipinski definition) is 0. The Morgan fingerprint density at radius 1 is 1.32 bits per heavy atom. The Labute approximate surface area is 140 Å². The fourth-order valence-electron chi connectivity index (χ4n) is 2.43. The summed E-state index contributed by atoms with van der Waals surface area (Å²) in [5.41, 5.74) is 2.25. The summed E-state index contributed by atoms with van der Waals surface area (Å²) in [6.45, 7) is 3.65. The molecule has 2 aromatic rings. The summed E-state index contributed by atoms with van der Waals surface area (Å²) in [6.07, 6.45) is 2.06. The van der Waals surface area contributed by atoms with Gasteiger partial charge in [-0.3, -0.25) is 0 Å². The Bertz CT molecular complexity index is 651. The largest absolute Gasteiger partial charge is 0.474 e. The fourth-order valence-corrected chi connectivity index (χ4v) is 3.23. The Hall–Kier alpha value is -1.39. The van der Waals surface area contributed by atoms with Crippen molar-refractivity contribution in [3.63, 3.8) is 0 Å². The first-order chi connectivity index (χ1) is 10.8. The Morgan fingerprint density at radius 2 is 2.14 bits per heavy atom. The van der Waals surface area contributed by atoms with Crippen LogP contribution in [0.1, 0.15) is 18.2 Å². The van der Waals surface area contributed by atoms with E-state index in [1.54, 1.807) is 0 Å². The van der Waals surface area contributed by atoms with E-state index < -0.39 is 0 Å². The molecule has 0 unspecified atom stereocenters. The molecule has 3 nitrogen and oxygen atoms in total. The standard InChI is InChI=1S/C17H19ClN2OS/c1-2-22-12-15-11-21-17(19-15)16-4-3-9-20(16)10-13-5-7-14(18)8-6-13/h3-9,15H,2,10-12H2,1H3/t15-/m1/s1. The van der Waals surface area contributed by atoms with Crippen molar-refractivity contribution in [2.24, 2.45) is 4.99 Å². The molecule has 22 heavy (non-hydrogen) atoms. The summed E-state index contributed by atoms with van der Waals surface area (Å²) in [6, 6.07) is 12.3. The van der Waals surface area contributed by atoms with Crippen molar-refractivity contribution in [3.05, 3.63) is 58.9 Å². The zero-order valence-electron chi connectivity index (χ0n) is 12.5. The maximum absolute atomic E-state index is 5.94. The van der Waals surface area contributed by atoms with Gasteiger partial charge in [0.25, 0.3) is 0 Å². The number of thioether (sulfide) groups is 1. The van der Waals surface area contributed by atoms with E-state index >= 15 is 0 Å². The topological polar surface area (TPSA) is 26.5 Å². The van der Waals surface area contributed by atoms with Crippen LogP contribution in [0.25, 0.3) is 0 Å². The van der Waals surface area contributed by atoms with Gasteiger partial charge in [-0.2, -0.15) is 11.8 Å². The van der Waals surface area contributed by atoms with E-state index in [-0.39, 0.29) is 6.04 Å². The maximum atomic E-state index is 5.94. The molecule has 3 rings (SSSR count). The highest BCUT2D eigenvalue weighted by molar-refractivity contribution is 7.99. The van der Waals surface area contributed by atoms with Crippen molar-refractivity contribution >= 4 is 29.3 Å². The third-order valence-electron chi connectivity index (χ3n) is 3.54. The molecule has 1 aliphatic rings. The fraction of sp³-hybridized carbons (Fsp3) is 0.353. The lowest BCUT2D eigenvalue weighted by Crippen LogP contribution is -2.11. The van der Waals surface area contributed by atoms with Gasteiger partial charge in [0.05, 0.1) is 6.04 Å². The highest BCUT2D eigenvalue weighted by atomic mass is 35.5. The van der Waals surface area contributed by atoms with Gasteiger partial charge in [0.1, 0.15) is 12.3 Å². The number of nitrogens with zero attached hydrogens (tertiary/aromatic N) is 2. The van der Waals surface area contributed by atoms with Crippen LogP contribution in [0.4, 0.5) is 0 Å². The summed E-state index contributed by atoms with van der Waals surface area (Å²) >= 11 is 7.84. The van der Waals surface area contributed by atoms with E-state index in [0.29, 0.717) is 6.61 Å². The van der Waals surface area contributed by atoms with E-state index in [2.05, 4.69) is 23.8 Å². The van der Waals surface area contributed by atoms with Crippen molar-refractivity contribution in [3.8, 4) is 0 Å². The van der Waals surface area contributed by atoms with Gasteiger partial charge in [0.2, 0.25) is 5.90 Å². The molecule has 1 aliphatic heterocycles. The maximum Gasteiger partial charge on any atom is 0.233 e. The number of benzene rings is 1. The molecular formula is C17H19ClN2OS. The van der Waals surface area contributed by atoms with Gasteiger partial charge in [-0.1, -0.05) is 30.7 Å². The molecule has 1 aromatic heterocycles. The molecule has 0 N–H and O–H groups in total. The number of aromatic nitrogens is 1. The lowest BCUT2D eigenvalue weighted by molar-refractivity contribution is 0.323. The third kappa shape index (κ3) is 3.68. The average molecular weight is 335 g/mol. The minimum Gasteiger partial charge on any atom is -0.474 e. The van der Waals surface area contributed by atoms with E-state index in [4.69, 9.17) is 21.3 Å². The van der Waals surface area contributed by atoms with Gasteiger partial charge >= 0.3 is 0 Å². The zero-order chi connectivity index (χ0) is 15.4. The summed E-state index contributed by atoms with van der Waals surface area (Å²) in [5.74, 6) is 2.91. The van der Waals surface area contributed by atoms with Gasteiger partial charge in [0, 0.05) is 23.5 Å². The molecule has 0 saturated carbocycles. The lowest BCUT2D eigenvalue weighted by atomic mass is 10.2. The summed E-state index contributed by atoms with van der Waals surface area (Å²) in [5, 5.41) is 0.760. The molecule has 0 aliphatic carbocycles. The quantitative estimate of drug-likeness (QED) is 0.795. The summed E-state index contributed by atoms with van der Waals surface area (Å²) in [4.78, 5) is 4.72. The van der Waals surface area contributed by atoms with Crippen molar-refractivity contribution in [2.75, 3.05) is 18.1 Å².